The molecule has 0 saturated heterocycles. The summed E-state index contributed by atoms with van der Waals surface area (Å²) in [5, 5.41) is 28.5. The fraction of sp³-hybridized carbons (Fsp3) is 0.417. The van der Waals surface area contributed by atoms with Gasteiger partial charge in [0.1, 0.15) is 6.10 Å². The van der Waals surface area contributed by atoms with Crippen molar-refractivity contribution in [2.24, 2.45) is 5.73 Å². The van der Waals surface area contributed by atoms with Crippen molar-refractivity contribution in [3.05, 3.63) is 34.9 Å². The molecule has 0 aliphatic carbocycles. The van der Waals surface area contributed by atoms with Crippen LogP contribution in [0.5, 0.6) is 0 Å². The molecule has 1 rings (SSSR count). The van der Waals surface area contributed by atoms with Crippen LogP contribution in [0.2, 0.25) is 0 Å². The maximum absolute atomic E-state index is 10.9. The van der Waals surface area contributed by atoms with Crippen molar-refractivity contribution in [2.45, 2.75) is 25.6 Å². The van der Waals surface area contributed by atoms with Gasteiger partial charge in [-0.05, 0) is 37.1 Å². The highest BCUT2D eigenvalue weighted by Crippen LogP contribution is 2.24. The minimum atomic E-state index is -1.11. The summed E-state index contributed by atoms with van der Waals surface area (Å²) in [4.78, 5) is 10.9. The van der Waals surface area contributed by atoms with Crippen LogP contribution in [0, 0.1) is 6.92 Å². The summed E-state index contributed by atoms with van der Waals surface area (Å²) in [5.41, 5.74) is 6.31. The molecule has 1 aromatic rings. The zero-order chi connectivity index (χ0) is 13.0. The van der Waals surface area contributed by atoms with E-state index < -0.39 is 18.2 Å². The highest BCUT2D eigenvalue weighted by atomic mass is 16.4. The minimum absolute atomic E-state index is 0.126. The minimum Gasteiger partial charge on any atom is -0.478 e. The van der Waals surface area contributed by atoms with Crippen molar-refractivity contribution in [3.8, 4) is 0 Å². The molecule has 0 aliphatic rings. The zero-order valence-electron chi connectivity index (χ0n) is 9.63. The number of hydrogen-bond donors (Lipinski definition) is 4. The maximum atomic E-state index is 10.9. The molecule has 0 bridgehead atoms. The lowest BCUT2D eigenvalue weighted by Gasteiger charge is -2.20. The Kier molecular flexibility index (Phi) is 4.62. The van der Waals surface area contributed by atoms with Crippen LogP contribution in [-0.4, -0.2) is 33.9 Å². The molecule has 2 atom stereocenters. The van der Waals surface area contributed by atoms with Gasteiger partial charge in [0.25, 0.3) is 0 Å². The lowest BCUT2D eigenvalue weighted by molar-refractivity contribution is 0.0146. The molecule has 5 N–H and O–H groups in total. The van der Waals surface area contributed by atoms with Crippen molar-refractivity contribution >= 4 is 5.97 Å². The Balaban J connectivity index is 3.06. The van der Waals surface area contributed by atoms with E-state index in [4.69, 9.17) is 10.8 Å². The molecule has 1 aromatic carbocycles. The summed E-state index contributed by atoms with van der Waals surface area (Å²) in [6.07, 6.45) is -1.83. The van der Waals surface area contributed by atoms with Gasteiger partial charge in [0.15, 0.2) is 0 Å². The first-order valence-corrected chi connectivity index (χ1v) is 5.38. The van der Waals surface area contributed by atoms with Crippen molar-refractivity contribution < 1.29 is 20.1 Å². The number of carboxylic acids is 1. The Morgan fingerprint density at radius 2 is 2.06 bits per heavy atom. The Morgan fingerprint density at radius 1 is 1.41 bits per heavy atom. The first-order valence-electron chi connectivity index (χ1n) is 5.38. The van der Waals surface area contributed by atoms with Crippen LogP contribution in [0.4, 0.5) is 0 Å². The number of aliphatic hydroxyl groups excluding tert-OH is 2. The predicted octanol–water partition coefficient (Wildman–Crippen LogP) is 0.436. The number of carboxylic acid groups (broad SMARTS) is 1. The van der Waals surface area contributed by atoms with Crippen LogP contribution in [0.15, 0.2) is 18.2 Å². The van der Waals surface area contributed by atoms with Gasteiger partial charge in [-0.25, -0.2) is 4.79 Å². The third-order valence-electron chi connectivity index (χ3n) is 2.75. The fourth-order valence-corrected chi connectivity index (χ4v) is 1.74. The molecule has 0 radical (unpaired) electrons. The van der Waals surface area contributed by atoms with E-state index in [1.165, 1.54) is 6.07 Å². The average molecular weight is 239 g/mol. The monoisotopic (exact) mass is 239 g/mol. The largest absolute Gasteiger partial charge is 0.478 e. The number of nitrogens with two attached hydrogens (primary N) is 1. The molecule has 0 heterocycles. The second kappa shape index (κ2) is 5.77. The normalized spacial score (nSPS) is 14.4. The van der Waals surface area contributed by atoms with Crippen LogP contribution < -0.4 is 5.73 Å². The van der Waals surface area contributed by atoms with E-state index in [1.54, 1.807) is 19.1 Å². The number of benzene rings is 1. The Morgan fingerprint density at radius 3 is 2.59 bits per heavy atom. The molecule has 0 aliphatic heterocycles. The first kappa shape index (κ1) is 13.6. The zero-order valence-corrected chi connectivity index (χ0v) is 9.63. The van der Waals surface area contributed by atoms with E-state index in [-0.39, 0.29) is 18.5 Å². The third kappa shape index (κ3) is 3.03. The second-order valence-electron chi connectivity index (χ2n) is 3.91. The van der Waals surface area contributed by atoms with Crippen molar-refractivity contribution in [1.29, 1.82) is 0 Å². The first-order chi connectivity index (χ1) is 7.99. The average Bonchev–Trinajstić information content (AvgIpc) is 2.28. The van der Waals surface area contributed by atoms with E-state index >= 15 is 0 Å². The highest BCUT2D eigenvalue weighted by molar-refractivity contribution is 5.89. The summed E-state index contributed by atoms with van der Waals surface area (Å²) < 4.78 is 0. The summed E-state index contributed by atoms with van der Waals surface area (Å²) >= 11 is 0. The number of aliphatic hydroxyl groups is 2. The van der Waals surface area contributed by atoms with E-state index in [1.807, 2.05) is 0 Å². The molecule has 2 unspecified atom stereocenters. The van der Waals surface area contributed by atoms with E-state index in [0.29, 0.717) is 11.1 Å². The lowest BCUT2D eigenvalue weighted by atomic mass is 9.94. The molecular weight excluding hydrogens is 222 g/mol. The molecule has 0 spiro atoms. The quantitative estimate of drug-likeness (QED) is 0.596. The van der Waals surface area contributed by atoms with Crippen molar-refractivity contribution in [2.75, 3.05) is 6.54 Å². The smallest absolute Gasteiger partial charge is 0.335 e. The number of carbonyl (C=O) groups is 1. The highest BCUT2D eigenvalue weighted by Gasteiger charge is 2.21. The van der Waals surface area contributed by atoms with Gasteiger partial charge in [-0.3, -0.25) is 0 Å². The topological polar surface area (TPSA) is 104 Å². The summed E-state index contributed by atoms with van der Waals surface area (Å²) in [6.45, 7) is 1.87. The van der Waals surface area contributed by atoms with Gasteiger partial charge in [-0.2, -0.15) is 0 Å². The van der Waals surface area contributed by atoms with Gasteiger partial charge in [0.05, 0.1) is 11.7 Å². The van der Waals surface area contributed by atoms with Gasteiger partial charge in [-0.1, -0.05) is 12.1 Å². The van der Waals surface area contributed by atoms with Gasteiger partial charge >= 0.3 is 5.97 Å². The molecular formula is C12H17NO4. The van der Waals surface area contributed by atoms with Gasteiger partial charge < -0.3 is 21.1 Å². The molecule has 0 fully saturated rings. The maximum Gasteiger partial charge on any atom is 0.335 e. The summed E-state index contributed by atoms with van der Waals surface area (Å²) in [5.74, 6) is -1.05. The number of aromatic carboxylic acids is 1. The number of rotatable bonds is 5. The second-order valence-corrected chi connectivity index (χ2v) is 3.91. The van der Waals surface area contributed by atoms with E-state index in [0.717, 1.165) is 0 Å². The Labute approximate surface area is 99.5 Å². The lowest BCUT2D eigenvalue weighted by Crippen LogP contribution is -2.23. The number of hydrogen-bond acceptors (Lipinski definition) is 4. The predicted molar refractivity (Wildman–Crippen MR) is 62.8 cm³/mol. The van der Waals surface area contributed by atoms with Crippen LogP contribution in [0.25, 0.3) is 0 Å². The molecule has 94 valence electrons. The fourth-order valence-electron chi connectivity index (χ4n) is 1.74. The van der Waals surface area contributed by atoms with Gasteiger partial charge in [-0.15, -0.1) is 0 Å². The SMILES string of the molecule is Cc1c(C(=O)O)cccc1C(O)C(O)CCN. The van der Waals surface area contributed by atoms with Gasteiger partial charge in [0.2, 0.25) is 0 Å². The molecule has 5 nitrogen and oxygen atoms in total. The van der Waals surface area contributed by atoms with Gasteiger partial charge in [0, 0.05) is 0 Å². The van der Waals surface area contributed by atoms with Crippen LogP contribution in [-0.2, 0) is 0 Å². The van der Waals surface area contributed by atoms with Crippen LogP contribution >= 0.6 is 0 Å². The molecule has 0 saturated carbocycles. The van der Waals surface area contributed by atoms with E-state index in [9.17, 15) is 15.0 Å². The molecule has 0 amide bonds. The molecule has 17 heavy (non-hydrogen) atoms. The Bertz CT molecular complexity index is 405. The molecule has 5 heteroatoms. The van der Waals surface area contributed by atoms with Crippen molar-refractivity contribution in [1.82, 2.24) is 0 Å². The van der Waals surface area contributed by atoms with Crippen LogP contribution in [0.3, 0.4) is 0 Å². The van der Waals surface area contributed by atoms with E-state index in [2.05, 4.69) is 0 Å². The third-order valence-corrected chi connectivity index (χ3v) is 2.75. The summed E-state index contributed by atoms with van der Waals surface area (Å²) in [7, 11) is 0. The van der Waals surface area contributed by atoms with Crippen molar-refractivity contribution in [3.63, 3.8) is 0 Å². The Hall–Kier alpha value is -1.43. The standard InChI is InChI=1S/C12H17NO4/c1-7-8(11(15)10(14)5-6-13)3-2-4-9(7)12(16)17/h2-4,10-11,14-15H,5-6,13H2,1H3,(H,16,17). The van der Waals surface area contributed by atoms with Crippen LogP contribution in [0.1, 0.15) is 34.0 Å². The summed E-state index contributed by atoms with van der Waals surface area (Å²) in [6, 6.07) is 4.61. The molecule has 0 aromatic heterocycles.